The summed E-state index contributed by atoms with van der Waals surface area (Å²) in [6.45, 7) is 1.97. The Bertz CT molecular complexity index is 1140. The van der Waals surface area contributed by atoms with E-state index in [-0.39, 0.29) is 5.91 Å². The Balaban J connectivity index is 1.69. The van der Waals surface area contributed by atoms with Crippen LogP contribution in [0.2, 0.25) is 5.02 Å². The maximum atomic E-state index is 12.7. The van der Waals surface area contributed by atoms with Gasteiger partial charge in [0.1, 0.15) is 15.4 Å². The van der Waals surface area contributed by atoms with Gasteiger partial charge in [-0.25, -0.2) is 9.97 Å². The van der Waals surface area contributed by atoms with E-state index in [1.807, 2.05) is 37.3 Å². The average Bonchev–Trinajstić information content (AvgIpc) is 3.09. The molecule has 0 aliphatic carbocycles. The van der Waals surface area contributed by atoms with Crippen LogP contribution in [-0.2, 0) is 0 Å². The lowest BCUT2D eigenvalue weighted by Gasteiger charge is -2.12. The summed E-state index contributed by atoms with van der Waals surface area (Å²) in [4.78, 5) is 22.6. The van der Waals surface area contributed by atoms with Gasteiger partial charge in [0.2, 0.25) is 0 Å². The van der Waals surface area contributed by atoms with Crippen LogP contribution < -0.4 is 5.32 Å². The van der Waals surface area contributed by atoms with Crippen molar-refractivity contribution in [3.05, 3.63) is 75.4 Å². The smallest absolute Gasteiger partial charge is 0.257 e. The minimum Gasteiger partial charge on any atom is -0.322 e. The van der Waals surface area contributed by atoms with Crippen LogP contribution in [0.5, 0.6) is 0 Å². The number of halogens is 2. The van der Waals surface area contributed by atoms with E-state index in [4.69, 9.17) is 11.6 Å². The number of carbonyl (C=O) groups excluding carboxylic acids is 1. The zero-order valence-corrected chi connectivity index (χ0v) is 17.3. The number of hydrogen-bond donors (Lipinski definition) is 1. The monoisotopic (exact) mass is 457 g/mol. The number of rotatable bonds is 3. The van der Waals surface area contributed by atoms with Crippen molar-refractivity contribution in [2.24, 2.45) is 0 Å². The van der Waals surface area contributed by atoms with E-state index in [0.29, 0.717) is 10.6 Å². The highest BCUT2D eigenvalue weighted by Gasteiger charge is 2.15. The fourth-order valence-electron chi connectivity index (χ4n) is 2.75. The van der Waals surface area contributed by atoms with Gasteiger partial charge >= 0.3 is 0 Å². The summed E-state index contributed by atoms with van der Waals surface area (Å²) >= 11 is 11.1. The SMILES string of the molecule is Cc1c(NC(=O)c2cc(Br)ccc2Cl)cccc1-c1nc2cccnc2s1. The van der Waals surface area contributed by atoms with Crippen molar-refractivity contribution in [2.45, 2.75) is 6.92 Å². The van der Waals surface area contributed by atoms with Gasteiger partial charge in [0.05, 0.1) is 10.6 Å². The summed E-state index contributed by atoms with van der Waals surface area (Å²) in [6.07, 6.45) is 1.76. The Hall–Kier alpha value is -2.28. The first-order chi connectivity index (χ1) is 13.0. The molecule has 0 radical (unpaired) electrons. The number of benzene rings is 2. The fourth-order valence-corrected chi connectivity index (χ4v) is 4.30. The molecule has 0 saturated carbocycles. The topological polar surface area (TPSA) is 54.9 Å². The summed E-state index contributed by atoms with van der Waals surface area (Å²) in [7, 11) is 0. The van der Waals surface area contributed by atoms with Gasteiger partial charge in [-0.15, -0.1) is 0 Å². The number of hydrogen-bond acceptors (Lipinski definition) is 4. The molecule has 0 fully saturated rings. The molecule has 0 atom stereocenters. The molecular formula is C20H13BrClN3OS. The lowest BCUT2D eigenvalue weighted by atomic mass is 10.1. The molecular weight excluding hydrogens is 446 g/mol. The minimum absolute atomic E-state index is 0.257. The van der Waals surface area contributed by atoms with Crippen molar-refractivity contribution in [3.8, 4) is 10.6 Å². The predicted octanol–water partition coefficient (Wildman–Crippen LogP) is 6.33. The Kier molecular flexibility index (Phi) is 4.95. The van der Waals surface area contributed by atoms with E-state index in [1.54, 1.807) is 24.4 Å². The van der Waals surface area contributed by atoms with Crippen LogP contribution in [0, 0.1) is 6.92 Å². The molecule has 27 heavy (non-hydrogen) atoms. The average molecular weight is 459 g/mol. The highest BCUT2D eigenvalue weighted by atomic mass is 79.9. The normalized spacial score (nSPS) is 10.9. The van der Waals surface area contributed by atoms with Gasteiger partial charge in [-0.05, 0) is 48.9 Å². The molecule has 2 heterocycles. The zero-order chi connectivity index (χ0) is 19.0. The first-order valence-electron chi connectivity index (χ1n) is 8.11. The Morgan fingerprint density at radius 1 is 1.19 bits per heavy atom. The number of nitrogens with zero attached hydrogens (tertiary/aromatic N) is 2. The standard InChI is InChI=1S/C20H13BrClN3OS/c1-11-13(19-25-17-6-3-9-23-20(17)27-19)4-2-5-16(11)24-18(26)14-10-12(21)7-8-15(14)22/h2-10H,1H3,(H,24,26). The minimum atomic E-state index is -0.257. The van der Waals surface area contributed by atoms with Gasteiger partial charge in [-0.2, -0.15) is 0 Å². The molecule has 7 heteroatoms. The van der Waals surface area contributed by atoms with Crippen molar-refractivity contribution in [3.63, 3.8) is 0 Å². The molecule has 1 N–H and O–H groups in total. The number of pyridine rings is 1. The van der Waals surface area contributed by atoms with Gasteiger partial charge in [0.15, 0.2) is 0 Å². The van der Waals surface area contributed by atoms with Gasteiger partial charge in [0.25, 0.3) is 5.91 Å². The number of fused-ring (bicyclic) bond motifs is 1. The van der Waals surface area contributed by atoms with Crippen LogP contribution in [0.1, 0.15) is 15.9 Å². The highest BCUT2D eigenvalue weighted by Crippen LogP contribution is 2.34. The third kappa shape index (κ3) is 3.60. The van der Waals surface area contributed by atoms with Crippen molar-refractivity contribution in [1.29, 1.82) is 0 Å². The van der Waals surface area contributed by atoms with Crippen molar-refractivity contribution in [1.82, 2.24) is 9.97 Å². The van der Waals surface area contributed by atoms with Gasteiger partial charge in [0, 0.05) is 21.9 Å². The molecule has 4 nitrogen and oxygen atoms in total. The summed E-state index contributed by atoms with van der Waals surface area (Å²) in [5.41, 5.74) is 3.92. The van der Waals surface area contributed by atoms with E-state index in [9.17, 15) is 4.79 Å². The maximum Gasteiger partial charge on any atom is 0.257 e. The lowest BCUT2D eigenvalue weighted by Crippen LogP contribution is -2.13. The molecule has 2 aromatic heterocycles. The van der Waals surface area contributed by atoms with Crippen LogP contribution in [0.4, 0.5) is 5.69 Å². The summed E-state index contributed by atoms with van der Waals surface area (Å²) in [5, 5.41) is 4.23. The molecule has 0 aliphatic heterocycles. The summed E-state index contributed by atoms with van der Waals surface area (Å²) in [5.74, 6) is -0.257. The van der Waals surface area contributed by atoms with Crippen molar-refractivity contribution < 1.29 is 4.79 Å². The van der Waals surface area contributed by atoms with E-state index in [2.05, 4.69) is 31.2 Å². The largest absolute Gasteiger partial charge is 0.322 e. The van der Waals surface area contributed by atoms with Crippen LogP contribution in [0.3, 0.4) is 0 Å². The zero-order valence-electron chi connectivity index (χ0n) is 14.2. The number of nitrogens with one attached hydrogen (secondary N) is 1. The first-order valence-corrected chi connectivity index (χ1v) is 10.1. The number of anilines is 1. The summed E-state index contributed by atoms with van der Waals surface area (Å²) < 4.78 is 0.796. The van der Waals surface area contributed by atoms with E-state index in [0.717, 1.165) is 36.6 Å². The molecule has 0 aliphatic rings. The van der Waals surface area contributed by atoms with Crippen LogP contribution in [-0.4, -0.2) is 15.9 Å². The molecule has 134 valence electrons. The van der Waals surface area contributed by atoms with E-state index < -0.39 is 0 Å². The Morgan fingerprint density at radius 3 is 2.85 bits per heavy atom. The van der Waals surface area contributed by atoms with Crippen LogP contribution in [0.15, 0.2) is 59.2 Å². The fraction of sp³-hybridized carbons (Fsp3) is 0.0500. The lowest BCUT2D eigenvalue weighted by molar-refractivity contribution is 0.102. The predicted molar refractivity (Wildman–Crippen MR) is 115 cm³/mol. The second kappa shape index (κ2) is 7.38. The van der Waals surface area contributed by atoms with Gasteiger partial charge in [-0.1, -0.05) is 51.0 Å². The number of aromatic nitrogens is 2. The Morgan fingerprint density at radius 2 is 2.04 bits per heavy atom. The number of carbonyl (C=O) groups is 1. The number of thiazole rings is 1. The molecule has 1 amide bonds. The summed E-state index contributed by atoms with van der Waals surface area (Å²) in [6, 6.07) is 14.8. The number of amides is 1. The first kappa shape index (κ1) is 18.1. The molecule has 0 spiro atoms. The quantitative estimate of drug-likeness (QED) is 0.390. The molecule has 4 aromatic rings. The van der Waals surface area contributed by atoms with Crippen LogP contribution in [0.25, 0.3) is 20.9 Å². The van der Waals surface area contributed by atoms with E-state index >= 15 is 0 Å². The third-order valence-electron chi connectivity index (χ3n) is 4.15. The van der Waals surface area contributed by atoms with Crippen molar-refractivity contribution in [2.75, 3.05) is 5.32 Å². The van der Waals surface area contributed by atoms with Gasteiger partial charge < -0.3 is 5.32 Å². The molecule has 0 saturated heterocycles. The maximum absolute atomic E-state index is 12.7. The molecule has 2 aromatic carbocycles. The van der Waals surface area contributed by atoms with E-state index in [1.165, 1.54) is 11.3 Å². The molecule has 4 rings (SSSR count). The molecule has 0 bridgehead atoms. The van der Waals surface area contributed by atoms with Gasteiger partial charge in [-0.3, -0.25) is 4.79 Å². The third-order valence-corrected chi connectivity index (χ3v) is 5.99. The van der Waals surface area contributed by atoms with Crippen molar-refractivity contribution >= 4 is 60.8 Å². The Labute approximate surface area is 173 Å². The molecule has 0 unspecified atom stereocenters. The van der Waals surface area contributed by atoms with Crippen LogP contribution >= 0.6 is 38.9 Å². The highest BCUT2D eigenvalue weighted by molar-refractivity contribution is 9.10. The second-order valence-corrected chi connectivity index (χ2v) is 8.20. The second-order valence-electron chi connectivity index (χ2n) is 5.90.